The summed E-state index contributed by atoms with van der Waals surface area (Å²) in [6, 6.07) is 20.4. The molecule has 0 aliphatic rings. The number of hydrogen-bond donors (Lipinski definition) is 10. The first kappa shape index (κ1) is 46.5. The molecule has 5 rings (SSSR count). The van der Waals surface area contributed by atoms with Gasteiger partial charge in [0.2, 0.25) is 11.8 Å². The number of carbonyl (C=O) groups excluding carboxylic acids is 6. The van der Waals surface area contributed by atoms with Gasteiger partial charge >= 0.3 is 5.97 Å². The molecule has 5 aromatic carbocycles. The molecule has 0 bridgehead atoms. The molecule has 12 N–H and O–H groups in total. The Hall–Kier alpha value is -8.61. The number of phenolic OH excluding ortho intramolecular Hbond substituents is 2. The predicted molar refractivity (Wildman–Crippen MR) is 236 cm³/mol. The Balaban J connectivity index is 1.22. The number of carboxylic acids is 1. The van der Waals surface area contributed by atoms with Crippen LogP contribution in [0.15, 0.2) is 97.1 Å². The number of nitrogens with two attached hydrogens (primary N) is 2. The van der Waals surface area contributed by atoms with E-state index in [1.807, 2.05) is 0 Å². The first-order valence-corrected chi connectivity index (χ1v) is 19.5. The van der Waals surface area contributed by atoms with Crippen molar-refractivity contribution in [2.75, 3.05) is 27.0 Å². The van der Waals surface area contributed by atoms with E-state index in [2.05, 4.69) is 26.6 Å². The molecule has 5 aromatic rings. The number of nitrogens with one attached hydrogen (secondary N) is 5. The van der Waals surface area contributed by atoms with Crippen LogP contribution in [0.1, 0.15) is 85.9 Å². The lowest BCUT2D eigenvalue weighted by Crippen LogP contribution is -2.46. The topological polar surface area (TPSA) is 311 Å². The Kier molecular flexibility index (Phi) is 14.7. The van der Waals surface area contributed by atoms with Gasteiger partial charge in [0, 0.05) is 28.2 Å². The fourth-order valence-corrected chi connectivity index (χ4v) is 5.92. The molecule has 0 saturated carbocycles. The third kappa shape index (κ3) is 11.8. The molecule has 0 heterocycles. The van der Waals surface area contributed by atoms with Crippen molar-refractivity contribution < 1.29 is 58.4 Å². The van der Waals surface area contributed by atoms with Crippen LogP contribution in [0, 0.1) is 0 Å². The van der Waals surface area contributed by atoms with Crippen molar-refractivity contribution in [1.82, 2.24) is 5.32 Å². The molecule has 0 fully saturated rings. The molecule has 0 radical (unpaired) electrons. The van der Waals surface area contributed by atoms with Crippen LogP contribution in [0.25, 0.3) is 0 Å². The van der Waals surface area contributed by atoms with Gasteiger partial charge in [-0.15, -0.1) is 0 Å². The predicted octanol–water partition coefficient (Wildman–Crippen LogP) is 5.32. The second-order valence-corrected chi connectivity index (χ2v) is 14.6. The third-order valence-corrected chi connectivity index (χ3v) is 8.97. The largest absolute Gasteiger partial charge is 0.504 e. The number of carbonyl (C=O) groups is 7. The number of aromatic carboxylic acids is 1. The number of primary amides is 1. The van der Waals surface area contributed by atoms with Crippen LogP contribution in [-0.4, -0.2) is 75.0 Å². The minimum Gasteiger partial charge on any atom is -0.504 e. The van der Waals surface area contributed by atoms with Crippen LogP contribution in [0.5, 0.6) is 23.0 Å². The number of benzene rings is 5. The molecule has 6 amide bonds. The highest BCUT2D eigenvalue weighted by Crippen LogP contribution is 2.39. The number of anilines is 5. The smallest absolute Gasteiger partial charge is 0.335 e. The number of hydrogen-bond acceptors (Lipinski definition) is 12. The van der Waals surface area contributed by atoms with Gasteiger partial charge in [-0.25, -0.2) is 4.79 Å². The van der Waals surface area contributed by atoms with Crippen molar-refractivity contribution in [2.45, 2.75) is 52.4 Å². The van der Waals surface area contributed by atoms with E-state index in [1.54, 1.807) is 27.7 Å². The quantitative estimate of drug-likeness (QED) is 0.0530. The summed E-state index contributed by atoms with van der Waals surface area (Å²) in [5.41, 5.74) is 12.1. The second kappa shape index (κ2) is 20.3. The fourth-order valence-electron chi connectivity index (χ4n) is 5.92. The molecular formula is C45H45N7O12. The summed E-state index contributed by atoms with van der Waals surface area (Å²) < 4.78 is 11.3. The van der Waals surface area contributed by atoms with Crippen molar-refractivity contribution in [3.8, 4) is 23.0 Å². The van der Waals surface area contributed by atoms with E-state index in [9.17, 15) is 43.8 Å². The van der Waals surface area contributed by atoms with E-state index in [4.69, 9.17) is 26.0 Å². The molecule has 332 valence electrons. The Labute approximate surface area is 365 Å². The zero-order valence-corrected chi connectivity index (χ0v) is 34.8. The zero-order chi connectivity index (χ0) is 46.8. The van der Waals surface area contributed by atoms with E-state index < -0.39 is 71.5 Å². The van der Waals surface area contributed by atoms with Crippen molar-refractivity contribution in [3.63, 3.8) is 0 Å². The molecule has 1 atom stereocenters. The van der Waals surface area contributed by atoms with Gasteiger partial charge in [-0.3, -0.25) is 28.8 Å². The molecule has 0 saturated heterocycles. The Morgan fingerprint density at radius 3 is 1.47 bits per heavy atom. The van der Waals surface area contributed by atoms with E-state index in [0.717, 1.165) is 0 Å². The number of carboxylic acid groups (broad SMARTS) is 1. The number of aromatic hydroxyl groups is 2. The summed E-state index contributed by atoms with van der Waals surface area (Å²) >= 11 is 0. The van der Waals surface area contributed by atoms with Gasteiger partial charge in [0.25, 0.3) is 23.6 Å². The average molecular weight is 876 g/mol. The highest BCUT2D eigenvalue weighted by atomic mass is 16.5. The van der Waals surface area contributed by atoms with Crippen LogP contribution >= 0.6 is 0 Å². The van der Waals surface area contributed by atoms with Crippen molar-refractivity contribution in [2.24, 2.45) is 5.73 Å². The number of nitrogen functional groups attached to an aromatic ring is 1. The van der Waals surface area contributed by atoms with Gasteiger partial charge in [0.05, 0.1) is 46.7 Å². The molecule has 0 unspecified atom stereocenters. The lowest BCUT2D eigenvalue weighted by Gasteiger charge is -2.19. The maximum atomic E-state index is 13.3. The number of rotatable bonds is 17. The van der Waals surface area contributed by atoms with Crippen LogP contribution in [0.3, 0.4) is 0 Å². The average Bonchev–Trinajstić information content (AvgIpc) is 3.23. The Morgan fingerprint density at radius 1 is 0.547 bits per heavy atom. The standard InChI is InChI=1S/C45H45N7O12/c1-22(2)63-38-32(46)19-17-30(36(38)54)42(58)48-27-11-5-25(6-12-27)41(57)52-34(21-35(47)53)44(60)50-29-13-7-24(8-14-29)40(56)51-33-20-18-31(37(55)39(33)64-23(3)4)43(59)49-28-15-9-26(10-16-28)45(61)62/h5-20,22-23,34,54-55H,21,46H2,1-4H3,(H2,47,53)(H,48,58)(H,49,59)(H,50,60)(H,51,56)(H,52,57)(H,61,62)/t34-/m0/s1. The first-order chi connectivity index (χ1) is 30.3. The third-order valence-electron chi connectivity index (χ3n) is 8.97. The summed E-state index contributed by atoms with van der Waals surface area (Å²) in [5, 5.41) is 43.7. The minimum atomic E-state index is -1.42. The number of ether oxygens (including phenoxy) is 2. The molecule has 0 spiro atoms. The van der Waals surface area contributed by atoms with Gasteiger partial charge in [-0.1, -0.05) is 0 Å². The summed E-state index contributed by atoms with van der Waals surface area (Å²) in [6.45, 7) is 6.81. The summed E-state index contributed by atoms with van der Waals surface area (Å²) in [7, 11) is 0. The van der Waals surface area contributed by atoms with Crippen molar-refractivity contribution in [1.29, 1.82) is 0 Å². The summed E-state index contributed by atoms with van der Waals surface area (Å²) in [4.78, 5) is 88.9. The lowest BCUT2D eigenvalue weighted by atomic mass is 10.1. The molecule has 19 heteroatoms. The van der Waals surface area contributed by atoms with Crippen molar-refractivity contribution >= 4 is 69.8 Å². The van der Waals surface area contributed by atoms with Crippen molar-refractivity contribution in [3.05, 3.63) is 125 Å². The van der Waals surface area contributed by atoms with Gasteiger partial charge < -0.3 is 62.8 Å². The molecular weight excluding hydrogens is 831 g/mol. The van der Waals surface area contributed by atoms with Gasteiger partial charge in [-0.2, -0.15) is 0 Å². The minimum absolute atomic E-state index is 0.0161. The molecule has 19 nitrogen and oxygen atoms in total. The maximum absolute atomic E-state index is 13.3. The highest BCUT2D eigenvalue weighted by molar-refractivity contribution is 6.10. The van der Waals surface area contributed by atoms with Gasteiger partial charge in [0.1, 0.15) is 6.04 Å². The highest BCUT2D eigenvalue weighted by Gasteiger charge is 2.26. The van der Waals surface area contributed by atoms with Gasteiger partial charge in [0.15, 0.2) is 23.0 Å². The van der Waals surface area contributed by atoms with Crippen LogP contribution in [0.2, 0.25) is 0 Å². The first-order valence-electron chi connectivity index (χ1n) is 19.5. The number of amides is 6. The van der Waals surface area contributed by atoms with Crippen LogP contribution in [0.4, 0.5) is 28.4 Å². The Bertz CT molecular complexity index is 2600. The second-order valence-electron chi connectivity index (χ2n) is 14.6. The lowest BCUT2D eigenvalue weighted by molar-refractivity contribution is -0.123. The normalized spacial score (nSPS) is 11.2. The van der Waals surface area contributed by atoms with Gasteiger partial charge in [-0.05, 0) is 125 Å². The van der Waals surface area contributed by atoms with Crippen LogP contribution < -0.4 is 47.5 Å². The molecule has 0 aliphatic heterocycles. The monoisotopic (exact) mass is 875 g/mol. The van der Waals surface area contributed by atoms with E-state index in [1.165, 1.54) is 97.1 Å². The molecule has 64 heavy (non-hydrogen) atoms. The van der Waals surface area contributed by atoms with E-state index >= 15 is 0 Å². The zero-order valence-electron chi connectivity index (χ0n) is 34.8. The Morgan fingerprint density at radius 2 is 0.984 bits per heavy atom. The SMILES string of the molecule is CC(C)Oc1c(N)ccc(C(=O)Nc2ccc(C(=O)N[C@@H](CC(N)=O)C(=O)Nc3ccc(C(=O)Nc4ccc(C(=O)Nc5ccc(C(=O)O)cc5)c(O)c4OC(C)C)cc3)cc2)c1O. The summed E-state index contributed by atoms with van der Waals surface area (Å²) in [5.74, 6) is -6.85. The molecule has 0 aliphatic carbocycles. The number of phenols is 2. The van der Waals surface area contributed by atoms with Crippen LogP contribution in [-0.2, 0) is 9.59 Å². The summed E-state index contributed by atoms with van der Waals surface area (Å²) in [6.07, 6.45) is -1.38. The van der Waals surface area contributed by atoms with E-state index in [-0.39, 0.29) is 73.9 Å². The molecule has 0 aromatic heterocycles. The maximum Gasteiger partial charge on any atom is 0.335 e. The fraction of sp³-hybridized carbons (Fsp3) is 0.178. The van der Waals surface area contributed by atoms with E-state index in [0.29, 0.717) is 0 Å².